The van der Waals surface area contributed by atoms with Crippen molar-refractivity contribution in [3.05, 3.63) is 71.3 Å². The number of alkyl halides is 6. The van der Waals surface area contributed by atoms with Crippen LogP contribution in [0.1, 0.15) is 33.8 Å². The lowest BCUT2D eigenvalue weighted by Gasteiger charge is -2.19. The molecular formula is C17H12F6O. The minimum absolute atomic E-state index is 0.0756. The first-order valence-corrected chi connectivity index (χ1v) is 6.91. The van der Waals surface area contributed by atoms with E-state index in [-0.39, 0.29) is 11.1 Å². The predicted molar refractivity (Wildman–Crippen MR) is 75.6 cm³/mol. The molecule has 0 aliphatic heterocycles. The van der Waals surface area contributed by atoms with Crippen molar-refractivity contribution in [1.82, 2.24) is 0 Å². The van der Waals surface area contributed by atoms with Gasteiger partial charge in [-0.25, -0.2) is 0 Å². The van der Waals surface area contributed by atoms with Crippen LogP contribution in [-0.2, 0) is 6.18 Å². The van der Waals surface area contributed by atoms with Gasteiger partial charge >= 0.3 is 12.4 Å². The van der Waals surface area contributed by atoms with Crippen LogP contribution >= 0.6 is 0 Å². The molecule has 2 aromatic carbocycles. The Morgan fingerprint density at radius 3 is 1.83 bits per heavy atom. The van der Waals surface area contributed by atoms with E-state index in [0.717, 1.165) is 12.1 Å². The smallest absolute Gasteiger partial charge is 0.293 e. The molecule has 0 fully saturated rings. The van der Waals surface area contributed by atoms with Gasteiger partial charge in [0, 0.05) is 5.56 Å². The quantitative estimate of drug-likeness (QED) is 0.518. The van der Waals surface area contributed by atoms with Crippen molar-refractivity contribution in [2.24, 2.45) is 0 Å². The lowest BCUT2D eigenvalue weighted by molar-refractivity contribution is -0.138. The van der Waals surface area contributed by atoms with Crippen molar-refractivity contribution in [2.45, 2.75) is 24.7 Å². The van der Waals surface area contributed by atoms with Crippen LogP contribution < -0.4 is 0 Å². The largest absolute Gasteiger partial charge is 0.416 e. The molecule has 0 aliphatic rings. The third-order valence-electron chi connectivity index (χ3n) is 3.45. The number of ketones is 1. The topological polar surface area (TPSA) is 17.1 Å². The molecule has 7 heteroatoms. The Bertz CT molecular complexity index is 686. The van der Waals surface area contributed by atoms with Crippen LogP contribution in [0.4, 0.5) is 26.3 Å². The van der Waals surface area contributed by atoms with Crippen LogP contribution in [0, 0.1) is 0 Å². The molecule has 0 bridgehead atoms. The van der Waals surface area contributed by atoms with E-state index in [0.29, 0.717) is 12.1 Å². The predicted octanol–water partition coefficient (Wildman–Crippen LogP) is 5.62. The average Bonchev–Trinajstić information content (AvgIpc) is 2.51. The third kappa shape index (κ3) is 4.59. The monoisotopic (exact) mass is 346 g/mol. The number of hydrogen-bond acceptors (Lipinski definition) is 1. The highest BCUT2D eigenvalue weighted by molar-refractivity contribution is 6.01. The minimum Gasteiger partial charge on any atom is -0.293 e. The number of hydrogen-bond donors (Lipinski definition) is 0. The minimum atomic E-state index is -4.63. The van der Waals surface area contributed by atoms with Crippen molar-refractivity contribution < 1.29 is 31.1 Å². The standard InChI is InChI=1S/C17H12F6O/c18-16(19,20)10-14(15(24)12-4-2-1-3-5-12)11-6-8-13(9-7-11)17(21,22)23/h1-9,14H,10H2. The molecule has 0 aromatic heterocycles. The molecule has 0 saturated heterocycles. The first kappa shape index (κ1) is 18.0. The molecule has 1 nitrogen and oxygen atoms in total. The molecule has 0 amide bonds. The van der Waals surface area contributed by atoms with Gasteiger partial charge < -0.3 is 0 Å². The van der Waals surface area contributed by atoms with E-state index in [2.05, 4.69) is 0 Å². The first-order valence-electron chi connectivity index (χ1n) is 6.91. The summed E-state index contributed by atoms with van der Waals surface area (Å²) in [5, 5.41) is 0. The van der Waals surface area contributed by atoms with Crippen molar-refractivity contribution >= 4 is 5.78 Å². The fourth-order valence-corrected chi connectivity index (χ4v) is 2.30. The van der Waals surface area contributed by atoms with Gasteiger partial charge in [-0.3, -0.25) is 4.79 Å². The molecule has 24 heavy (non-hydrogen) atoms. The van der Waals surface area contributed by atoms with Crippen molar-refractivity contribution in [3.63, 3.8) is 0 Å². The van der Waals surface area contributed by atoms with Gasteiger partial charge in [0.25, 0.3) is 0 Å². The summed E-state index contributed by atoms with van der Waals surface area (Å²) in [4.78, 5) is 12.4. The van der Waals surface area contributed by atoms with Crippen LogP contribution in [-0.4, -0.2) is 12.0 Å². The Balaban J connectivity index is 2.38. The summed E-state index contributed by atoms with van der Waals surface area (Å²) >= 11 is 0. The Labute approximate surface area is 133 Å². The summed E-state index contributed by atoms with van der Waals surface area (Å²) in [5.74, 6) is -2.37. The molecule has 2 rings (SSSR count). The maximum absolute atomic E-state index is 12.8. The SMILES string of the molecule is O=C(c1ccccc1)C(CC(F)(F)F)c1ccc(C(F)(F)F)cc1. The second kappa shape index (κ2) is 6.67. The summed E-state index contributed by atoms with van der Waals surface area (Å²) in [7, 11) is 0. The number of halogens is 6. The third-order valence-corrected chi connectivity index (χ3v) is 3.45. The summed E-state index contributed by atoms with van der Waals surface area (Å²) in [5.41, 5.74) is -1.01. The zero-order valence-electron chi connectivity index (χ0n) is 12.2. The van der Waals surface area contributed by atoms with Gasteiger partial charge in [-0.2, -0.15) is 26.3 Å². The van der Waals surface area contributed by atoms with Gasteiger partial charge in [0.15, 0.2) is 5.78 Å². The van der Waals surface area contributed by atoms with E-state index >= 15 is 0 Å². The molecule has 0 heterocycles. The van der Waals surface area contributed by atoms with Crippen LogP contribution in [0.25, 0.3) is 0 Å². The summed E-state index contributed by atoms with van der Waals surface area (Å²) < 4.78 is 76.1. The zero-order chi connectivity index (χ0) is 18.0. The van der Waals surface area contributed by atoms with Gasteiger partial charge in [0.1, 0.15) is 0 Å². The zero-order valence-corrected chi connectivity index (χ0v) is 12.2. The van der Waals surface area contributed by atoms with Crippen molar-refractivity contribution in [3.8, 4) is 0 Å². The molecule has 128 valence electrons. The molecule has 0 N–H and O–H groups in total. The average molecular weight is 346 g/mol. The Morgan fingerprint density at radius 2 is 1.38 bits per heavy atom. The summed E-state index contributed by atoms with van der Waals surface area (Å²) in [6, 6.07) is 10.5. The number of carbonyl (C=O) groups excluding carboxylic acids is 1. The van der Waals surface area contributed by atoms with Crippen LogP contribution in [0.5, 0.6) is 0 Å². The highest BCUT2D eigenvalue weighted by atomic mass is 19.4. The van der Waals surface area contributed by atoms with Crippen LogP contribution in [0.15, 0.2) is 54.6 Å². The summed E-state index contributed by atoms with van der Waals surface area (Å²) in [6.45, 7) is 0. The lowest BCUT2D eigenvalue weighted by atomic mass is 9.87. The van der Waals surface area contributed by atoms with Gasteiger partial charge in [-0.05, 0) is 17.7 Å². The summed E-state index contributed by atoms with van der Waals surface area (Å²) in [6.07, 6.45) is -10.7. The number of rotatable bonds is 4. The van der Waals surface area contributed by atoms with Crippen molar-refractivity contribution in [2.75, 3.05) is 0 Å². The van der Waals surface area contributed by atoms with Gasteiger partial charge in [0.2, 0.25) is 0 Å². The van der Waals surface area contributed by atoms with E-state index in [1.807, 2.05) is 0 Å². The van der Waals surface area contributed by atoms with Crippen LogP contribution in [0.2, 0.25) is 0 Å². The van der Waals surface area contributed by atoms with Crippen LogP contribution in [0.3, 0.4) is 0 Å². The molecule has 0 radical (unpaired) electrons. The van der Waals surface area contributed by atoms with E-state index in [4.69, 9.17) is 0 Å². The molecule has 0 aliphatic carbocycles. The molecule has 1 unspecified atom stereocenters. The van der Waals surface area contributed by atoms with Crippen molar-refractivity contribution in [1.29, 1.82) is 0 Å². The molecule has 2 aromatic rings. The maximum Gasteiger partial charge on any atom is 0.416 e. The Hall–Kier alpha value is -2.31. The fourth-order valence-electron chi connectivity index (χ4n) is 2.30. The number of benzene rings is 2. The van der Waals surface area contributed by atoms with Gasteiger partial charge in [0.05, 0.1) is 17.9 Å². The maximum atomic E-state index is 12.8. The molecular weight excluding hydrogens is 334 g/mol. The van der Waals surface area contributed by atoms with Gasteiger partial charge in [-0.1, -0.05) is 42.5 Å². The van der Waals surface area contributed by atoms with E-state index in [1.54, 1.807) is 6.07 Å². The molecule has 0 saturated carbocycles. The Morgan fingerprint density at radius 1 is 0.833 bits per heavy atom. The normalized spacial score (nSPS) is 13.6. The number of carbonyl (C=O) groups is 1. The highest BCUT2D eigenvalue weighted by Crippen LogP contribution is 2.35. The first-order chi connectivity index (χ1) is 11.1. The molecule has 1 atom stereocenters. The number of Topliss-reactive ketones (excluding diaryl/α,β-unsaturated/α-hetero) is 1. The lowest BCUT2D eigenvalue weighted by Crippen LogP contribution is -2.21. The fraction of sp³-hybridized carbons (Fsp3) is 0.235. The Kier molecular flexibility index (Phi) is 5.01. The van der Waals surface area contributed by atoms with E-state index in [9.17, 15) is 31.1 Å². The molecule has 0 spiro atoms. The second-order valence-electron chi connectivity index (χ2n) is 5.22. The van der Waals surface area contributed by atoms with Gasteiger partial charge in [-0.15, -0.1) is 0 Å². The second-order valence-corrected chi connectivity index (χ2v) is 5.22. The van der Waals surface area contributed by atoms with E-state index < -0.39 is 36.0 Å². The van der Waals surface area contributed by atoms with E-state index in [1.165, 1.54) is 24.3 Å². The highest BCUT2D eigenvalue weighted by Gasteiger charge is 2.37.